The van der Waals surface area contributed by atoms with Crippen LogP contribution in [0.4, 0.5) is 4.79 Å². The van der Waals surface area contributed by atoms with Crippen molar-refractivity contribution in [3.05, 3.63) is 0 Å². The molecular formula is C13H22N2O4. The molecule has 0 radical (unpaired) electrons. The molecule has 2 atom stereocenters. The van der Waals surface area contributed by atoms with Gasteiger partial charge in [0.25, 0.3) is 0 Å². The van der Waals surface area contributed by atoms with Crippen LogP contribution >= 0.6 is 0 Å². The van der Waals surface area contributed by atoms with Crippen molar-refractivity contribution in [2.45, 2.75) is 38.6 Å². The van der Waals surface area contributed by atoms with E-state index in [0.717, 1.165) is 38.8 Å². The molecule has 2 saturated heterocycles. The number of amides is 2. The van der Waals surface area contributed by atoms with Gasteiger partial charge in [0.15, 0.2) is 0 Å². The molecule has 2 aliphatic rings. The second-order valence-corrected chi connectivity index (χ2v) is 5.64. The summed E-state index contributed by atoms with van der Waals surface area (Å²) in [7, 11) is 0. The van der Waals surface area contributed by atoms with E-state index in [4.69, 9.17) is 4.74 Å². The Kier molecular flexibility index (Phi) is 4.29. The molecule has 108 valence electrons. The van der Waals surface area contributed by atoms with Crippen LogP contribution in [0.3, 0.4) is 0 Å². The van der Waals surface area contributed by atoms with E-state index in [-0.39, 0.29) is 19.2 Å². The smallest absolute Gasteiger partial charge is 0.317 e. The molecule has 2 N–H and O–H groups in total. The van der Waals surface area contributed by atoms with Gasteiger partial charge >= 0.3 is 12.0 Å². The zero-order chi connectivity index (χ0) is 13.9. The van der Waals surface area contributed by atoms with Crippen LogP contribution < -0.4 is 5.32 Å². The second-order valence-electron chi connectivity index (χ2n) is 5.64. The minimum atomic E-state index is -1.03. The standard InChI is InChI=1S/C13H22N2O4/c1-13(11(16)17)9-19-8-10(13)14-12(18)15-6-4-2-3-5-7-15/h10H,2-9H2,1H3,(H,14,18)(H,16,17). The van der Waals surface area contributed by atoms with Gasteiger partial charge in [0.1, 0.15) is 5.41 Å². The average molecular weight is 270 g/mol. The Labute approximate surface area is 113 Å². The van der Waals surface area contributed by atoms with Crippen LogP contribution in [0, 0.1) is 5.41 Å². The Morgan fingerprint density at radius 2 is 1.89 bits per heavy atom. The topological polar surface area (TPSA) is 78.9 Å². The van der Waals surface area contributed by atoms with Crippen molar-refractivity contribution in [1.82, 2.24) is 10.2 Å². The molecule has 2 amide bonds. The predicted molar refractivity (Wildman–Crippen MR) is 68.9 cm³/mol. The van der Waals surface area contributed by atoms with E-state index in [0.29, 0.717) is 0 Å². The highest BCUT2D eigenvalue weighted by atomic mass is 16.5. The van der Waals surface area contributed by atoms with Gasteiger partial charge in [-0.25, -0.2) is 4.79 Å². The highest BCUT2D eigenvalue weighted by Crippen LogP contribution is 2.28. The number of nitrogens with zero attached hydrogens (tertiary/aromatic N) is 1. The van der Waals surface area contributed by atoms with E-state index in [1.54, 1.807) is 11.8 Å². The zero-order valence-corrected chi connectivity index (χ0v) is 11.4. The number of likely N-dealkylation sites (tertiary alicyclic amines) is 1. The third-order valence-corrected chi connectivity index (χ3v) is 4.14. The van der Waals surface area contributed by atoms with Crippen molar-refractivity contribution < 1.29 is 19.4 Å². The van der Waals surface area contributed by atoms with Gasteiger partial charge in [-0.3, -0.25) is 4.79 Å². The summed E-state index contributed by atoms with van der Waals surface area (Å²) in [6, 6.07) is -0.620. The van der Waals surface area contributed by atoms with Crippen LogP contribution in [0.2, 0.25) is 0 Å². The van der Waals surface area contributed by atoms with Crippen LogP contribution in [-0.2, 0) is 9.53 Å². The molecule has 0 aromatic carbocycles. The van der Waals surface area contributed by atoms with Gasteiger partial charge in [0, 0.05) is 13.1 Å². The number of carbonyl (C=O) groups excluding carboxylic acids is 1. The maximum atomic E-state index is 12.2. The summed E-state index contributed by atoms with van der Waals surface area (Å²) >= 11 is 0. The fraction of sp³-hybridized carbons (Fsp3) is 0.846. The molecule has 6 nitrogen and oxygen atoms in total. The Bertz CT molecular complexity index is 353. The molecule has 19 heavy (non-hydrogen) atoms. The first-order chi connectivity index (χ1) is 9.04. The normalized spacial score (nSPS) is 31.8. The van der Waals surface area contributed by atoms with Crippen molar-refractivity contribution in [2.75, 3.05) is 26.3 Å². The van der Waals surface area contributed by atoms with Crippen LogP contribution in [0.1, 0.15) is 32.6 Å². The Morgan fingerprint density at radius 1 is 1.26 bits per heavy atom. The molecule has 0 saturated carbocycles. The third-order valence-electron chi connectivity index (χ3n) is 4.14. The first-order valence-corrected chi connectivity index (χ1v) is 6.90. The molecule has 2 rings (SSSR count). The number of carboxylic acids is 1. The molecule has 2 fully saturated rings. The van der Waals surface area contributed by atoms with Crippen molar-refractivity contribution in [3.63, 3.8) is 0 Å². The van der Waals surface area contributed by atoms with Crippen LogP contribution in [0.15, 0.2) is 0 Å². The number of ether oxygens (including phenoxy) is 1. The van der Waals surface area contributed by atoms with E-state index >= 15 is 0 Å². The summed E-state index contributed by atoms with van der Waals surface area (Å²) in [5.41, 5.74) is -1.03. The van der Waals surface area contributed by atoms with Crippen molar-refractivity contribution in [1.29, 1.82) is 0 Å². The van der Waals surface area contributed by atoms with Gasteiger partial charge in [-0.05, 0) is 19.8 Å². The molecule has 0 aromatic rings. The van der Waals surface area contributed by atoms with Gasteiger partial charge < -0.3 is 20.1 Å². The van der Waals surface area contributed by atoms with E-state index in [1.165, 1.54) is 0 Å². The summed E-state index contributed by atoms with van der Waals surface area (Å²) in [5.74, 6) is -0.925. The third kappa shape index (κ3) is 3.00. The van der Waals surface area contributed by atoms with Crippen LogP contribution in [0.5, 0.6) is 0 Å². The fourth-order valence-corrected chi connectivity index (χ4v) is 2.60. The van der Waals surface area contributed by atoms with E-state index in [1.807, 2.05) is 0 Å². The predicted octanol–water partition coefficient (Wildman–Crippen LogP) is 1.06. The summed E-state index contributed by atoms with van der Waals surface area (Å²) in [6.07, 6.45) is 4.35. The molecule has 0 aliphatic carbocycles. The van der Waals surface area contributed by atoms with Gasteiger partial charge in [0.2, 0.25) is 0 Å². The number of carbonyl (C=O) groups is 2. The summed E-state index contributed by atoms with van der Waals surface area (Å²) in [5, 5.41) is 12.1. The summed E-state index contributed by atoms with van der Waals surface area (Å²) in [6.45, 7) is 3.54. The lowest BCUT2D eigenvalue weighted by Gasteiger charge is -2.29. The van der Waals surface area contributed by atoms with E-state index in [2.05, 4.69) is 5.32 Å². The average Bonchev–Trinajstić information content (AvgIpc) is 2.61. The number of hydrogen-bond donors (Lipinski definition) is 2. The van der Waals surface area contributed by atoms with E-state index in [9.17, 15) is 14.7 Å². The largest absolute Gasteiger partial charge is 0.481 e. The Balaban J connectivity index is 1.96. The molecular weight excluding hydrogens is 248 g/mol. The Morgan fingerprint density at radius 3 is 2.47 bits per heavy atom. The lowest BCUT2D eigenvalue weighted by atomic mass is 9.85. The molecule has 2 unspecified atom stereocenters. The number of hydrogen-bond acceptors (Lipinski definition) is 3. The summed E-state index contributed by atoms with van der Waals surface area (Å²) in [4.78, 5) is 25.3. The summed E-state index contributed by atoms with van der Waals surface area (Å²) < 4.78 is 5.23. The SMILES string of the molecule is CC1(C(=O)O)COCC1NC(=O)N1CCCCCC1. The van der Waals surface area contributed by atoms with Crippen molar-refractivity contribution >= 4 is 12.0 Å². The highest BCUT2D eigenvalue weighted by molar-refractivity contribution is 5.79. The van der Waals surface area contributed by atoms with Crippen molar-refractivity contribution in [3.8, 4) is 0 Å². The minimum Gasteiger partial charge on any atom is -0.481 e. The van der Waals surface area contributed by atoms with Gasteiger partial charge in [-0.2, -0.15) is 0 Å². The minimum absolute atomic E-state index is 0.146. The maximum Gasteiger partial charge on any atom is 0.317 e. The number of carboxylic acid groups (broad SMARTS) is 1. The molecule has 2 aliphatic heterocycles. The molecule has 0 aromatic heterocycles. The van der Waals surface area contributed by atoms with Crippen molar-refractivity contribution in [2.24, 2.45) is 5.41 Å². The first-order valence-electron chi connectivity index (χ1n) is 6.90. The monoisotopic (exact) mass is 270 g/mol. The maximum absolute atomic E-state index is 12.2. The zero-order valence-electron chi connectivity index (χ0n) is 11.4. The molecule has 2 heterocycles. The van der Waals surface area contributed by atoms with Gasteiger partial charge in [-0.1, -0.05) is 12.8 Å². The lowest BCUT2D eigenvalue weighted by molar-refractivity contribution is -0.148. The molecule has 0 spiro atoms. The van der Waals surface area contributed by atoms with Crippen LogP contribution in [-0.4, -0.2) is 54.4 Å². The highest BCUT2D eigenvalue weighted by Gasteiger charge is 2.47. The first kappa shape index (κ1) is 14.1. The molecule has 6 heteroatoms. The Hall–Kier alpha value is -1.30. The molecule has 0 bridgehead atoms. The van der Waals surface area contributed by atoms with Gasteiger partial charge in [0.05, 0.1) is 19.3 Å². The van der Waals surface area contributed by atoms with E-state index < -0.39 is 17.4 Å². The number of nitrogens with one attached hydrogen (secondary N) is 1. The number of aliphatic carboxylic acids is 1. The quantitative estimate of drug-likeness (QED) is 0.786. The van der Waals surface area contributed by atoms with Gasteiger partial charge in [-0.15, -0.1) is 0 Å². The van der Waals surface area contributed by atoms with Crippen LogP contribution in [0.25, 0.3) is 0 Å². The number of rotatable bonds is 2. The lowest BCUT2D eigenvalue weighted by Crippen LogP contribution is -2.53. The second kappa shape index (κ2) is 5.77. The fourth-order valence-electron chi connectivity index (χ4n) is 2.60. The number of urea groups is 1.